The van der Waals surface area contributed by atoms with Crippen molar-refractivity contribution in [3.8, 4) is 11.5 Å². The maximum Gasteiger partial charge on any atom is 0.387 e. The molecule has 0 fully saturated rings. The molecular weight excluding hydrogens is 486 g/mol. The molecule has 0 aliphatic rings. The summed E-state index contributed by atoms with van der Waals surface area (Å²) in [5, 5.41) is 6.15. The van der Waals surface area contributed by atoms with Crippen LogP contribution in [0.2, 0.25) is 0 Å². The van der Waals surface area contributed by atoms with Crippen molar-refractivity contribution in [2.24, 2.45) is 4.99 Å². The van der Waals surface area contributed by atoms with Gasteiger partial charge in [0.05, 0.1) is 7.11 Å². The summed E-state index contributed by atoms with van der Waals surface area (Å²) in [4.78, 5) is 4.09. The molecule has 2 aromatic rings. The zero-order valence-corrected chi connectivity index (χ0v) is 17.9. The summed E-state index contributed by atoms with van der Waals surface area (Å²) < 4.78 is 48.1. The van der Waals surface area contributed by atoms with Gasteiger partial charge < -0.3 is 20.1 Å². The van der Waals surface area contributed by atoms with Crippen LogP contribution < -0.4 is 20.1 Å². The second kappa shape index (κ2) is 12.3. The summed E-state index contributed by atoms with van der Waals surface area (Å²) in [6, 6.07) is 11.4. The van der Waals surface area contributed by atoms with Gasteiger partial charge in [-0.25, -0.2) is 4.39 Å². The number of ether oxygens (including phenoxy) is 2. The van der Waals surface area contributed by atoms with E-state index < -0.39 is 6.61 Å². The number of hydrogen-bond donors (Lipinski definition) is 2. The van der Waals surface area contributed by atoms with Crippen LogP contribution in [0.3, 0.4) is 0 Å². The van der Waals surface area contributed by atoms with E-state index in [1.165, 1.54) is 19.2 Å². The smallest absolute Gasteiger partial charge is 0.387 e. The van der Waals surface area contributed by atoms with Crippen LogP contribution in [0.1, 0.15) is 11.1 Å². The van der Waals surface area contributed by atoms with Gasteiger partial charge in [-0.05, 0) is 35.7 Å². The maximum atomic E-state index is 13.6. The predicted molar refractivity (Wildman–Crippen MR) is 113 cm³/mol. The Bertz CT molecular complexity index is 776. The van der Waals surface area contributed by atoms with Crippen molar-refractivity contribution >= 4 is 29.9 Å². The number of halogens is 4. The van der Waals surface area contributed by atoms with Gasteiger partial charge in [-0.3, -0.25) is 4.99 Å². The van der Waals surface area contributed by atoms with Gasteiger partial charge >= 0.3 is 6.61 Å². The van der Waals surface area contributed by atoms with Crippen molar-refractivity contribution < 1.29 is 22.6 Å². The van der Waals surface area contributed by atoms with Crippen molar-refractivity contribution in [3.63, 3.8) is 0 Å². The van der Waals surface area contributed by atoms with Crippen LogP contribution in [0.15, 0.2) is 47.5 Å². The van der Waals surface area contributed by atoms with Crippen molar-refractivity contribution in [1.82, 2.24) is 10.6 Å². The number of hydrogen-bond acceptors (Lipinski definition) is 3. The van der Waals surface area contributed by atoms with Crippen LogP contribution in [0.25, 0.3) is 0 Å². The third-order valence-corrected chi connectivity index (χ3v) is 3.77. The van der Waals surface area contributed by atoms with Crippen LogP contribution >= 0.6 is 24.0 Å². The molecule has 0 atom stereocenters. The Hall–Kier alpha value is -2.17. The highest BCUT2D eigenvalue weighted by Crippen LogP contribution is 2.29. The first-order chi connectivity index (χ1) is 13.0. The molecule has 28 heavy (non-hydrogen) atoms. The fourth-order valence-corrected chi connectivity index (χ4v) is 2.44. The van der Waals surface area contributed by atoms with E-state index in [2.05, 4.69) is 20.4 Å². The number of benzene rings is 2. The zero-order valence-electron chi connectivity index (χ0n) is 15.5. The van der Waals surface area contributed by atoms with Crippen molar-refractivity contribution in [2.75, 3.05) is 20.7 Å². The van der Waals surface area contributed by atoms with Gasteiger partial charge in [0.2, 0.25) is 0 Å². The molecule has 0 saturated heterocycles. The van der Waals surface area contributed by atoms with Gasteiger partial charge in [-0.15, -0.1) is 24.0 Å². The van der Waals surface area contributed by atoms with E-state index in [-0.39, 0.29) is 41.3 Å². The summed E-state index contributed by atoms with van der Waals surface area (Å²) >= 11 is 0. The molecule has 0 saturated carbocycles. The normalized spacial score (nSPS) is 11.0. The fraction of sp³-hybridized carbons (Fsp3) is 0.316. The molecule has 0 amide bonds. The lowest BCUT2D eigenvalue weighted by atomic mass is 10.1. The Balaban J connectivity index is 0.00000392. The molecule has 2 N–H and O–H groups in total. The summed E-state index contributed by atoms with van der Waals surface area (Å²) in [5.74, 6) is 0.464. The van der Waals surface area contributed by atoms with E-state index in [4.69, 9.17) is 4.74 Å². The van der Waals surface area contributed by atoms with Crippen LogP contribution in [0, 0.1) is 5.82 Å². The minimum Gasteiger partial charge on any atom is -0.493 e. The third-order valence-electron chi connectivity index (χ3n) is 3.77. The minimum atomic E-state index is -2.94. The molecule has 0 radical (unpaired) electrons. The van der Waals surface area contributed by atoms with E-state index in [1.54, 1.807) is 37.4 Å². The molecule has 0 aliphatic carbocycles. The van der Waals surface area contributed by atoms with Gasteiger partial charge in [-0.1, -0.05) is 24.3 Å². The van der Waals surface area contributed by atoms with E-state index >= 15 is 0 Å². The highest BCUT2D eigenvalue weighted by atomic mass is 127. The van der Waals surface area contributed by atoms with Crippen molar-refractivity contribution in [1.29, 1.82) is 0 Å². The standard InChI is InChI=1S/C19H22F3N3O2.HI/c1-23-19(24-10-9-14-5-3-4-6-15(14)20)25-12-13-7-8-16(26-2)17(11-13)27-18(21)22;/h3-8,11,18H,9-10,12H2,1-2H3,(H2,23,24,25);1H. The molecule has 9 heteroatoms. The Labute approximate surface area is 179 Å². The van der Waals surface area contributed by atoms with Gasteiger partial charge in [0.15, 0.2) is 17.5 Å². The second-order valence-electron chi connectivity index (χ2n) is 5.56. The number of rotatable bonds is 8. The van der Waals surface area contributed by atoms with Gasteiger partial charge in [-0.2, -0.15) is 8.78 Å². The Morgan fingerprint density at radius 2 is 1.86 bits per heavy atom. The summed E-state index contributed by atoms with van der Waals surface area (Å²) in [6.45, 7) is -2.11. The summed E-state index contributed by atoms with van der Waals surface area (Å²) in [7, 11) is 2.99. The molecule has 154 valence electrons. The first-order valence-corrected chi connectivity index (χ1v) is 8.33. The SMILES string of the molecule is CN=C(NCCc1ccccc1F)NCc1ccc(OC)c(OC(F)F)c1.I. The lowest BCUT2D eigenvalue weighted by molar-refractivity contribution is -0.0512. The summed E-state index contributed by atoms with van der Waals surface area (Å²) in [5.41, 5.74) is 1.33. The van der Waals surface area contributed by atoms with Gasteiger partial charge in [0.1, 0.15) is 5.82 Å². The lowest BCUT2D eigenvalue weighted by Gasteiger charge is -2.14. The lowest BCUT2D eigenvalue weighted by Crippen LogP contribution is -2.37. The average molecular weight is 509 g/mol. The van der Waals surface area contributed by atoms with Crippen LogP contribution in [0.5, 0.6) is 11.5 Å². The Kier molecular flexibility index (Phi) is 10.5. The zero-order chi connectivity index (χ0) is 19.6. The number of aliphatic imine (C=N–C) groups is 1. The summed E-state index contributed by atoms with van der Waals surface area (Å²) in [6.07, 6.45) is 0.502. The number of methoxy groups -OCH3 is 1. The van der Waals surface area contributed by atoms with E-state index in [1.807, 2.05) is 0 Å². The highest BCUT2D eigenvalue weighted by molar-refractivity contribution is 14.0. The molecule has 2 rings (SSSR count). The molecule has 2 aromatic carbocycles. The number of nitrogens with one attached hydrogen (secondary N) is 2. The number of guanidine groups is 1. The van der Waals surface area contributed by atoms with Crippen LogP contribution in [0.4, 0.5) is 13.2 Å². The predicted octanol–water partition coefficient (Wildman–Crippen LogP) is 3.96. The molecule has 0 aromatic heterocycles. The molecule has 0 bridgehead atoms. The quantitative estimate of drug-likeness (QED) is 0.322. The third kappa shape index (κ3) is 7.45. The molecule has 0 heterocycles. The Morgan fingerprint density at radius 1 is 1.11 bits per heavy atom. The largest absolute Gasteiger partial charge is 0.493 e. The molecule has 0 unspecified atom stereocenters. The average Bonchev–Trinajstić information content (AvgIpc) is 2.65. The van der Waals surface area contributed by atoms with Crippen LogP contribution in [-0.4, -0.2) is 33.3 Å². The minimum absolute atomic E-state index is 0. The highest BCUT2D eigenvalue weighted by Gasteiger charge is 2.11. The first kappa shape index (κ1) is 23.9. The fourth-order valence-electron chi connectivity index (χ4n) is 2.44. The van der Waals surface area contributed by atoms with Gasteiger partial charge in [0, 0.05) is 20.1 Å². The number of nitrogens with zero attached hydrogens (tertiary/aromatic N) is 1. The topological polar surface area (TPSA) is 54.9 Å². The van der Waals surface area contributed by atoms with Crippen molar-refractivity contribution in [3.05, 3.63) is 59.4 Å². The molecule has 0 spiro atoms. The van der Waals surface area contributed by atoms with E-state index in [0.29, 0.717) is 36.6 Å². The first-order valence-electron chi connectivity index (χ1n) is 8.33. The van der Waals surface area contributed by atoms with E-state index in [9.17, 15) is 13.2 Å². The number of alkyl halides is 2. The Morgan fingerprint density at radius 3 is 2.50 bits per heavy atom. The molecule has 0 aliphatic heterocycles. The molecular formula is C19H23F3IN3O2. The monoisotopic (exact) mass is 509 g/mol. The molecule has 5 nitrogen and oxygen atoms in total. The van der Waals surface area contributed by atoms with Crippen LogP contribution in [-0.2, 0) is 13.0 Å². The maximum absolute atomic E-state index is 13.6. The van der Waals surface area contributed by atoms with Crippen molar-refractivity contribution in [2.45, 2.75) is 19.6 Å². The second-order valence-corrected chi connectivity index (χ2v) is 5.56. The van der Waals surface area contributed by atoms with Gasteiger partial charge in [0.25, 0.3) is 0 Å². The van der Waals surface area contributed by atoms with E-state index in [0.717, 1.165) is 0 Å².